The maximum Gasteiger partial charge on any atom is 0.0465 e. The third-order valence-electron chi connectivity index (χ3n) is 6.17. The highest BCUT2D eigenvalue weighted by molar-refractivity contribution is 5.90. The molecule has 2 heteroatoms. The van der Waals surface area contributed by atoms with E-state index in [9.17, 15) is 0 Å². The molecule has 0 atom stereocenters. The van der Waals surface area contributed by atoms with Crippen LogP contribution in [0, 0.1) is 0 Å². The lowest BCUT2D eigenvalue weighted by Crippen LogP contribution is -1.96. The Hall–Kier alpha value is -4.56. The van der Waals surface area contributed by atoms with Gasteiger partial charge in [-0.15, -0.1) is 0 Å². The van der Waals surface area contributed by atoms with Crippen molar-refractivity contribution in [2.45, 2.75) is 0 Å². The lowest BCUT2D eigenvalue weighted by molar-refractivity contribution is 1.51. The molecule has 0 aliphatic heterocycles. The number of nitrogens with one attached hydrogen (secondary N) is 2. The SMILES string of the molecule is c1ccc(-c2cc(Nc3ccc4ccccc4c3)ccc2Nc2ccc3ccccc3c2)cc1. The maximum atomic E-state index is 3.65. The zero-order chi connectivity index (χ0) is 22.7. The van der Waals surface area contributed by atoms with Crippen LogP contribution in [-0.4, -0.2) is 0 Å². The van der Waals surface area contributed by atoms with E-state index in [1.165, 1.54) is 27.1 Å². The fourth-order valence-electron chi connectivity index (χ4n) is 4.44. The molecule has 0 spiro atoms. The van der Waals surface area contributed by atoms with Crippen molar-refractivity contribution in [3.05, 3.63) is 133 Å². The standard InChI is InChI=1S/C32H24N2/c1-2-10-25(11-3-1)31-22-30(33-28-16-14-23-8-4-6-12-26(23)20-28)18-19-32(31)34-29-17-15-24-9-5-7-13-27(24)21-29/h1-22,33-34H. The van der Waals surface area contributed by atoms with Gasteiger partial charge >= 0.3 is 0 Å². The van der Waals surface area contributed by atoms with Gasteiger partial charge in [-0.3, -0.25) is 0 Å². The summed E-state index contributed by atoms with van der Waals surface area (Å²) in [6.45, 7) is 0. The average molecular weight is 437 g/mol. The first-order valence-electron chi connectivity index (χ1n) is 11.5. The van der Waals surface area contributed by atoms with Crippen molar-refractivity contribution in [2.24, 2.45) is 0 Å². The predicted octanol–water partition coefficient (Wildman–Crippen LogP) is 9.15. The van der Waals surface area contributed by atoms with E-state index in [0.717, 1.165) is 28.3 Å². The van der Waals surface area contributed by atoms with Crippen LogP contribution >= 0.6 is 0 Å². The summed E-state index contributed by atoms with van der Waals surface area (Å²) in [5, 5.41) is 12.2. The smallest absolute Gasteiger partial charge is 0.0465 e. The quantitative estimate of drug-likeness (QED) is 0.281. The molecule has 6 rings (SSSR count). The number of hydrogen-bond acceptors (Lipinski definition) is 2. The van der Waals surface area contributed by atoms with Gasteiger partial charge in [0.2, 0.25) is 0 Å². The highest BCUT2D eigenvalue weighted by atomic mass is 14.9. The molecule has 34 heavy (non-hydrogen) atoms. The van der Waals surface area contributed by atoms with Crippen molar-refractivity contribution in [2.75, 3.05) is 10.6 Å². The van der Waals surface area contributed by atoms with Gasteiger partial charge in [-0.25, -0.2) is 0 Å². The summed E-state index contributed by atoms with van der Waals surface area (Å²) in [7, 11) is 0. The Morgan fingerprint density at radius 1 is 0.353 bits per heavy atom. The maximum absolute atomic E-state index is 3.65. The van der Waals surface area contributed by atoms with Crippen LogP contribution in [0.4, 0.5) is 22.7 Å². The Bertz CT molecular complexity index is 1600. The molecule has 0 bridgehead atoms. The van der Waals surface area contributed by atoms with E-state index in [-0.39, 0.29) is 0 Å². The molecular weight excluding hydrogens is 412 g/mol. The van der Waals surface area contributed by atoms with Gasteiger partial charge in [0.1, 0.15) is 0 Å². The minimum absolute atomic E-state index is 1.05. The van der Waals surface area contributed by atoms with Gasteiger partial charge in [0.25, 0.3) is 0 Å². The van der Waals surface area contributed by atoms with E-state index in [1.54, 1.807) is 0 Å². The Kier molecular flexibility index (Phi) is 5.17. The Morgan fingerprint density at radius 3 is 1.50 bits per heavy atom. The van der Waals surface area contributed by atoms with Crippen LogP contribution in [0.15, 0.2) is 133 Å². The molecule has 0 saturated heterocycles. The second-order valence-corrected chi connectivity index (χ2v) is 8.50. The molecule has 0 aliphatic rings. The summed E-state index contributed by atoms with van der Waals surface area (Å²) in [5.74, 6) is 0. The number of rotatable bonds is 5. The number of benzene rings is 6. The lowest BCUT2D eigenvalue weighted by Gasteiger charge is -2.16. The van der Waals surface area contributed by atoms with Crippen molar-refractivity contribution >= 4 is 44.3 Å². The zero-order valence-electron chi connectivity index (χ0n) is 18.7. The van der Waals surface area contributed by atoms with Crippen LogP contribution < -0.4 is 10.6 Å². The van der Waals surface area contributed by atoms with Gasteiger partial charge in [-0.2, -0.15) is 0 Å². The summed E-state index contributed by atoms with van der Waals surface area (Å²) in [6.07, 6.45) is 0. The van der Waals surface area contributed by atoms with Crippen molar-refractivity contribution in [3.63, 3.8) is 0 Å². The summed E-state index contributed by atoms with van der Waals surface area (Å²) >= 11 is 0. The van der Waals surface area contributed by atoms with Crippen LogP contribution in [0.3, 0.4) is 0 Å². The van der Waals surface area contributed by atoms with Crippen molar-refractivity contribution in [3.8, 4) is 11.1 Å². The van der Waals surface area contributed by atoms with Crippen LogP contribution in [0.5, 0.6) is 0 Å². The molecule has 0 aliphatic carbocycles. The van der Waals surface area contributed by atoms with Crippen LogP contribution in [0.25, 0.3) is 32.7 Å². The van der Waals surface area contributed by atoms with Gasteiger partial charge < -0.3 is 10.6 Å². The molecule has 0 saturated carbocycles. The van der Waals surface area contributed by atoms with Crippen molar-refractivity contribution in [1.82, 2.24) is 0 Å². The highest BCUT2D eigenvalue weighted by Crippen LogP contribution is 2.35. The van der Waals surface area contributed by atoms with E-state index in [1.807, 2.05) is 0 Å². The van der Waals surface area contributed by atoms with E-state index < -0.39 is 0 Å². The van der Waals surface area contributed by atoms with Crippen LogP contribution in [0.1, 0.15) is 0 Å². The number of fused-ring (bicyclic) bond motifs is 2. The molecule has 0 unspecified atom stereocenters. The number of hydrogen-bond donors (Lipinski definition) is 2. The zero-order valence-corrected chi connectivity index (χ0v) is 18.7. The van der Waals surface area contributed by atoms with Crippen LogP contribution in [0.2, 0.25) is 0 Å². The fraction of sp³-hybridized carbons (Fsp3) is 0. The molecular formula is C32H24N2. The first kappa shape index (κ1) is 20.1. The molecule has 0 fully saturated rings. The molecule has 0 amide bonds. The predicted molar refractivity (Wildman–Crippen MR) is 146 cm³/mol. The van der Waals surface area contributed by atoms with E-state index in [4.69, 9.17) is 0 Å². The molecule has 0 heterocycles. The molecule has 2 N–H and O–H groups in total. The minimum Gasteiger partial charge on any atom is -0.355 e. The normalized spacial score (nSPS) is 10.9. The average Bonchev–Trinajstić information content (AvgIpc) is 2.90. The molecule has 162 valence electrons. The summed E-state index contributed by atoms with van der Waals surface area (Å²) in [5.41, 5.74) is 6.61. The van der Waals surface area contributed by atoms with Gasteiger partial charge in [0.05, 0.1) is 0 Å². The molecule has 6 aromatic rings. The van der Waals surface area contributed by atoms with Crippen molar-refractivity contribution in [1.29, 1.82) is 0 Å². The Labute approximate surface area is 199 Å². The van der Waals surface area contributed by atoms with Gasteiger partial charge in [-0.05, 0) is 69.6 Å². The fourth-order valence-corrected chi connectivity index (χ4v) is 4.44. The molecule has 2 nitrogen and oxygen atoms in total. The third-order valence-corrected chi connectivity index (χ3v) is 6.17. The van der Waals surface area contributed by atoms with E-state index in [0.29, 0.717) is 0 Å². The van der Waals surface area contributed by atoms with Gasteiger partial charge in [0.15, 0.2) is 0 Å². The Balaban J connectivity index is 1.36. The largest absolute Gasteiger partial charge is 0.355 e. The topological polar surface area (TPSA) is 24.1 Å². The minimum atomic E-state index is 1.05. The first-order chi connectivity index (χ1) is 16.8. The highest BCUT2D eigenvalue weighted by Gasteiger charge is 2.08. The van der Waals surface area contributed by atoms with E-state index >= 15 is 0 Å². The summed E-state index contributed by atoms with van der Waals surface area (Å²) in [6, 6.07) is 46.9. The van der Waals surface area contributed by atoms with E-state index in [2.05, 4.69) is 144 Å². The Morgan fingerprint density at radius 2 is 0.853 bits per heavy atom. The summed E-state index contributed by atoms with van der Waals surface area (Å²) in [4.78, 5) is 0. The molecule has 0 radical (unpaired) electrons. The van der Waals surface area contributed by atoms with Crippen LogP contribution in [-0.2, 0) is 0 Å². The molecule has 6 aromatic carbocycles. The van der Waals surface area contributed by atoms with Crippen molar-refractivity contribution < 1.29 is 0 Å². The first-order valence-corrected chi connectivity index (χ1v) is 11.5. The monoisotopic (exact) mass is 436 g/mol. The van der Waals surface area contributed by atoms with Gasteiger partial charge in [0, 0.05) is 28.3 Å². The second-order valence-electron chi connectivity index (χ2n) is 8.50. The second kappa shape index (κ2) is 8.76. The van der Waals surface area contributed by atoms with Gasteiger partial charge in [-0.1, -0.05) is 91.0 Å². The third kappa shape index (κ3) is 4.10. The lowest BCUT2D eigenvalue weighted by atomic mass is 10.0. The number of anilines is 4. The molecule has 0 aromatic heterocycles. The summed E-state index contributed by atoms with van der Waals surface area (Å²) < 4.78 is 0.